The molecule has 0 bridgehead atoms. The number of alkyl halides is 3. The topological polar surface area (TPSA) is 79.1 Å². The minimum Gasteiger partial charge on any atom is -0.508 e. The predicted octanol–water partition coefficient (Wildman–Crippen LogP) is 5.60. The molecule has 1 aliphatic heterocycles. The fourth-order valence-corrected chi connectivity index (χ4v) is 3.66. The second-order valence-corrected chi connectivity index (χ2v) is 7.15. The van der Waals surface area contributed by atoms with Crippen molar-refractivity contribution >= 4 is 34.5 Å². The van der Waals surface area contributed by atoms with Crippen LogP contribution in [0.2, 0.25) is 0 Å². The molecule has 30 heavy (non-hydrogen) atoms. The summed E-state index contributed by atoms with van der Waals surface area (Å²) in [4.78, 5) is 16.7. The number of esters is 1. The van der Waals surface area contributed by atoms with E-state index in [-0.39, 0.29) is 33.6 Å². The fourth-order valence-electron chi connectivity index (χ4n) is 2.63. The first-order valence-corrected chi connectivity index (χ1v) is 9.56. The largest absolute Gasteiger partial charge is 0.508 e. The molecule has 156 valence electrons. The molecule has 0 spiro atoms. The van der Waals surface area contributed by atoms with Gasteiger partial charge in [0, 0.05) is 0 Å². The zero-order valence-corrected chi connectivity index (χ0v) is 16.4. The van der Waals surface area contributed by atoms with Gasteiger partial charge in [-0.25, -0.2) is 9.79 Å². The summed E-state index contributed by atoms with van der Waals surface area (Å²) >= 11 is 0.913. The zero-order chi connectivity index (χ0) is 21.9. The molecule has 1 heterocycles. The van der Waals surface area contributed by atoms with Gasteiger partial charge in [-0.2, -0.15) is 13.2 Å². The number of thioether (sulfide) groups is 1. The molecule has 0 saturated heterocycles. The molecule has 5 nitrogen and oxygen atoms in total. The fraction of sp³-hybridized carbons (Fsp3) is 0.143. The van der Waals surface area contributed by atoms with Gasteiger partial charge in [-0.1, -0.05) is 30.0 Å². The van der Waals surface area contributed by atoms with Gasteiger partial charge in [0.1, 0.15) is 22.1 Å². The smallest absolute Gasteiger partial charge is 0.416 e. The molecule has 0 aliphatic carbocycles. The van der Waals surface area contributed by atoms with E-state index >= 15 is 0 Å². The van der Waals surface area contributed by atoms with Gasteiger partial charge >= 0.3 is 12.1 Å². The highest BCUT2D eigenvalue weighted by Crippen LogP contribution is 2.41. The van der Waals surface area contributed by atoms with Gasteiger partial charge in [0.05, 0.1) is 22.8 Å². The van der Waals surface area contributed by atoms with Crippen molar-refractivity contribution in [3.05, 3.63) is 75.9 Å². The summed E-state index contributed by atoms with van der Waals surface area (Å²) in [5, 5.41) is 20.2. The van der Waals surface area contributed by atoms with Crippen molar-refractivity contribution in [3.63, 3.8) is 0 Å². The van der Waals surface area contributed by atoms with E-state index in [2.05, 4.69) is 4.99 Å². The lowest BCUT2D eigenvalue weighted by molar-refractivity contribution is -0.138. The van der Waals surface area contributed by atoms with Crippen molar-refractivity contribution in [1.82, 2.24) is 0 Å². The number of hydrogen-bond acceptors (Lipinski definition) is 6. The lowest BCUT2D eigenvalue weighted by Gasteiger charge is -2.07. The number of carbonyl (C=O) groups excluding carboxylic acids is 1. The first-order chi connectivity index (χ1) is 14.2. The standard InChI is InChI=1S/C21H16F3NO4S/c1-2-29-20(28)17-18(27)16(10-12-5-3-8-15(26)9-12)30-19(17)25-14-7-4-6-13(11-14)21(22,23)24/h3-11,26-27H,2H2,1H3/b16-10+,25-19?. The number of aliphatic hydroxyl groups excluding tert-OH is 1. The number of aliphatic imine (C=N–C) groups is 1. The number of phenols is 1. The number of aliphatic hydroxyl groups is 1. The van der Waals surface area contributed by atoms with Crippen molar-refractivity contribution in [2.45, 2.75) is 13.1 Å². The number of hydrogen-bond donors (Lipinski definition) is 2. The molecule has 0 radical (unpaired) electrons. The molecule has 0 fully saturated rings. The van der Waals surface area contributed by atoms with Gasteiger partial charge in [0.15, 0.2) is 0 Å². The zero-order valence-electron chi connectivity index (χ0n) is 15.6. The Morgan fingerprint density at radius 1 is 1.17 bits per heavy atom. The minimum absolute atomic E-state index is 0.0108. The summed E-state index contributed by atoms with van der Waals surface area (Å²) in [6, 6.07) is 10.5. The molecule has 0 unspecified atom stereocenters. The summed E-state index contributed by atoms with van der Waals surface area (Å²) < 4.78 is 43.9. The Labute approximate surface area is 174 Å². The highest BCUT2D eigenvalue weighted by atomic mass is 32.2. The highest BCUT2D eigenvalue weighted by Gasteiger charge is 2.34. The van der Waals surface area contributed by atoms with Crippen LogP contribution in [0.5, 0.6) is 5.75 Å². The second kappa shape index (κ2) is 8.66. The Bertz CT molecular complexity index is 1070. The van der Waals surface area contributed by atoms with Gasteiger partial charge in [0.2, 0.25) is 0 Å². The van der Waals surface area contributed by atoms with Gasteiger partial charge < -0.3 is 14.9 Å². The Balaban J connectivity index is 2.06. The maximum atomic E-state index is 13.0. The summed E-state index contributed by atoms with van der Waals surface area (Å²) in [5.41, 5.74) is -0.590. The van der Waals surface area contributed by atoms with E-state index < -0.39 is 23.5 Å². The van der Waals surface area contributed by atoms with E-state index in [0.717, 1.165) is 23.9 Å². The summed E-state index contributed by atoms with van der Waals surface area (Å²) in [7, 11) is 0. The van der Waals surface area contributed by atoms with Gasteiger partial charge in [-0.15, -0.1) is 0 Å². The van der Waals surface area contributed by atoms with Crippen LogP contribution < -0.4 is 0 Å². The third-order valence-corrected chi connectivity index (χ3v) is 4.96. The van der Waals surface area contributed by atoms with Crippen molar-refractivity contribution in [2.75, 3.05) is 6.61 Å². The number of aromatic hydroxyl groups is 1. The third-order valence-electron chi connectivity index (χ3n) is 3.94. The van der Waals surface area contributed by atoms with Crippen molar-refractivity contribution in [2.24, 2.45) is 4.99 Å². The molecule has 0 aromatic heterocycles. The Morgan fingerprint density at radius 2 is 1.90 bits per heavy atom. The molecule has 2 aromatic carbocycles. The van der Waals surface area contributed by atoms with Gasteiger partial charge in [-0.05, 0) is 48.9 Å². The van der Waals surface area contributed by atoms with E-state index in [1.807, 2.05) is 0 Å². The number of phenolic OH excluding ortho intramolecular Hbond substituents is 1. The van der Waals surface area contributed by atoms with E-state index in [1.165, 1.54) is 30.3 Å². The molecule has 9 heteroatoms. The molecule has 0 saturated carbocycles. The lowest BCUT2D eigenvalue weighted by Crippen LogP contribution is -2.13. The summed E-state index contributed by atoms with van der Waals surface area (Å²) in [5.74, 6) is -1.22. The average molecular weight is 435 g/mol. The van der Waals surface area contributed by atoms with Crippen LogP contribution in [0.1, 0.15) is 18.1 Å². The monoisotopic (exact) mass is 435 g/mol. The number of nitrogens with zero attached hydrogens (tertiary/aromatic N) is 1. The van der Waals surface area contributed by atoms with Crippen LogP contribution in [0.25, 0.3) is 6.08 Å². The number of ether oxygens (including phenoxy) is 1. The van der Waals surface area contributed by atoms with Crippen LogP contribution >= 0.6 is 11.8 Å². The van der Waals surface area contributed by atoms with Crippen LogP contribution in [0.15, 0.2) is 69.8 Å². The predicted molar refractivity (Wildman–Crippen MR) is 109 cm³/mol. The number of rotatable bonds is 4. The van der Waals surface area contributed by atoms with Crippen molar-refractivity contribution in [3.8, 4) is 5.75 Å². The van der Waals surface area contributed by atoms with Crippen LogP contribution in [0.3, 0.4) is 0 Å². The molecular formula is C21H16F3NO4S. The number of carbonyl (C=O) groups is 1. The average Bonchev–Trinajstić information content (AvgIpc) is 2.96. The van der Waals surface area contributed by atoms with E-state index in [1.54, 1.807) is 19.1 Å². The maximum Gasteiger partial charge on any atom is 0.416 e. The molecule has 0 atom stereocenters. The van der Waals surface area contributed by atoms with Crippen molar-refractivity contribution < 1.29 is 32.9 Å². The first-order valence-electron chi connectivity index (χ1n) is 8.74. The maximum absolute atomic E-state index is 13.0. The van der Waals surface area contributed by atoms with Gasteiger partial charge in [-0.3, -0.25) is 0 Å². The molecule has 2 aromatic rings. The van der Waals surface area contributed by atoms with Crippen molar-refractivity contribution in [1.29, 1.82) is 0 Å². The molecule has 0 amide bonds. The Hall–Kier alpha value is -3.20. The highest BCUT2D eigenvalue weighted by molar-refractivity contribution is 8.18. The van der Waals surface area contributed by atoms with Gasteiger partial charge in [0.25, 0.3) is 0 Å². The molecule has 1 aliphatic rings. The Morgan fingerprint density at radius 3 is 2.57 bits per heavy atom. The normalized spacial score (nSPS) is 17.1. The quantitative estimate of drug-likeness (QED) is 0.611. The van der Waals surface area contributed by atoms with Crippen LogP contribution in [0.4, 0.5) is 18.9 Å². The van der Waals surface area contributed by atoms with Crippen LogP contribution in [-0.2, 0) is 15.7 Å². The van der Waals surface area contributed by atoms with Crippen LogP contribution in [0, 0.1) is 0 Å². The molecular weight excluding hydrogens is 419 g/mol. The molecule has 2 N–H and O–H groups in total. The number of halogens is 3. The third kappa shape index (κ3) is 4.85. The van der Waals surface area contributed by atoms with E-state index in [4.69, 9.17) is 4.74 Å². The second-order valence-electron chi connectivity index (χ2n) is 6.11. The summed E-state index contributed by atoms with van der Waals surface area (Å²) in [6.07, 6.45) is -3.02. The Kier molecular flexibility index (Phi) is 6.21. The van der Waals surface area contributed by atoms with E-state index in [0.29, 0.717) is 5.56 Å². The molecule has 3 rings (SSSR count). The minimum atomic E-state index is -4.54. The van der Waals surface area contributed by atoms with Crippen LogP contribution in [-0.4, -0.2) is 27.8 Å². The number of benzene rings is 2. The summed E-state index contributed by atoms with van der Waals surface area (Å²) in [6.45, 7) is 1.63. The van der Waals surface area contributed by atoms with E-state index in [9.17, 15) is 28.2 Å². The lowest BCUT2D eigenvalue weighted by atomic mass is 10.1. The first kappa shape index (κ1) is 21.5. The SMILES string of the molecule is CCOC(=O)C1=C(O)/C(=C\c2cccc(O)c2)SC1=Nc1cccc(C(F)(F)F)c1.